The van der Waals surface area contributed by atoms with E-state index in [1.54, 1.807) is 0 Å². The highest BCUT2D eigenvalue weighted by Gasteiger charge is 2.17. The number of allylic oxidation sites excluding steroid dienone is 4. The van der Waals surface area contributed by atoms with E-state index in [9.17, 15) is 0 Å². The molecule has 11 aromatic rings. The van der Waals surface area contributed by atoms with Gasteiger partial charge in [-0.1, -0.05) is 184 Å². The molecular weight excluding hydrogens is 789 g/mol. The van der Waals surface area contributed by atoms with Crippen molar-refractivity contribution >= 4 is 49.2 Å². The quantitative estimate of drug-likeness (QED) is 0.167. The van der Waals surface area contributed by atoms with E-state index in [4.69, 9.17) is 9.97 Å². The van der Waals surface area contributed by atoms with Crippen LogP contribution < -0.4 is 0 Å². The van der Waals surface area contributed by atoms with Gasteiger partial charge in [-0.3, -0.25) is 0 Å². The normalized spacial score (nSPS) is 12.1. The van der Waals surface area contributed by atoms with E-state index in [-0.39, 0.29) is 0 Å². The van der Waals surface area contributed by atoms with Crippen LogP contribution in [0.5, 0.6) is 0 Å². The van der Waals surface area contributed by atoms with Crippen molar-refractivity contribution < 1.29 is 0 Å². The first-order chi connectivity index (χ1) is 32.2. The molecular formula is C61H50N4. The van der Waals surface area contributed by atoms with Crippen molar-refractivity contribution in [2.45, 2.75) is 26.7 Å². The first kappa shape index (κ1) is 41.0. The van der Waals surface area contributed by atoms with E-state index >= 15 is 0 Å². The van der Waals surface area contributed by atoms with Crippen LogP contribution >= 0.6 is 0 Å². The second kappa shape index (κ2) is 18.3. The molecule has 0 fully saturated rings. The van der Waals surface area contributed by atoms with E-state index in [1.807, 2.05) is 26.0 Å². The van der Waals surface area contributed by atoms with Crippen molar-refractivity contribution in [3.63, 3.8) is 0 Å². The number of hydrogen-bond donors (Lipinski definition) is 0. The van der Waals surface area contributed by atoms with Crippen LogP contribution in [-0.4, -0.2) is 19.1 Å². The van der Waals surface area contributed by atoms with Gasteiger partial charge in [-0.25, -0.2) is 9.97 Å². The molecule has 0 unspecified atom stereocenters. The highest BCUT2D eigenvalue weighted by molar-refractivity contribution is 6.12. The summed E-state index contributed by atoms with van der Waals surface area (Å²) in [6.45, 7) is 4.00. The maximum atomic E-state index is 5.11. The highest BCUT2D eigenvalue weighted by Crippen LogP contribution is 2.38. The summed E-state index contributed by atoms with van der Waals surface area (Å²) in [7, 11) is 2.15. The van der Waals surface area contributed by atoms with Gasteiger partial charge in [0.25, 0.3) is 0 Å². The molecule has 3 heterocycles. The van der Waals surface area contributed by atoms with E-state index < -0.39 is 0 Å². The Morgan fingerprint density at radius 3 is 1.49 bits per heavy atom. The number of aryl methyl sites for hydroxylation is 1. The Balaban J connectivity index is 0.000000306. The fourth-order valence-electron chi connectivity index (χ4n) is 9.11. The number of nitrogens with zero attached hydrogens (tertiary/aromatic N) is 4. The van der Waals surface area contributed by atoms with Crippen LogP contribution in [0.15, 0.2) is 224 Å². The molecule has 3 aromatic heterocycles. The second-order valence-corrected chi connectivity index (χ2v) is 16.1. The van der Waals surface area contributed by atoms with Gasteiger partial charge in [-0.15, -0.1) is 0 Å². The molecule has 0 atom stereocenters. The lowest BCUT2D eigenvalue weighted by molar-refractivity contribution is 1.01. The molecule has 0 bridgehead atoms. The zero-order valence-electron chi connectivity index (χ0n) is 37.1. The van der Waals surface area contributed by atoms with Gasteiger partial charge in [0.15, 0.2) is 5.82 Å². The van der Waals surface area contributed by atoms with Crippen molar-refractivity contribution in [3.05, 3.63) is 230 Å². The highest BCUT2D eigenvalue weighted by atomic mass is 15.0. The molecule has 0 N–H and O–H groups in total. The minimum Gasteiger partial charge on any atom is -0.344 e. The number of para-hydroxylation sites is 2. The largest absolute Gasteiger partial charge is 0.344 e. The lowest BCUT2D eigenvalue weighted by Gasteiger charge is -2.12. The van der Waals surface area contributed by atoms with Gasteiger partial charge >= 0.3 is 0 Å². The van der Waals surface area contributed by atoms with Gasteiger partial charge in [0.1, 0.15) is 0 Å². The van der Waals surface area contributed by atoms with E-state index in [1.165, 1.54) is 67.7 Å². The molecule has 0 amide bonds. The lowest BCUT2D eigenvalue weighted by atomic mass is 10.00. The van der Waals surface area contributed by atoms with Gasteiger partial charge in [-0.05, 0) is 89.7 Å². The zero-order valence-corrected chi connectivity index (χ0v) is 37.1. The van der Waals surface area contributed by atoms with Gasteiger partial charge in [0.05, 0.1) is 22.4 Å². The molecule has 0 spiro atoms. The summed E-state index contributed by atoms with van der Waals surface area (Å²) < 4.78 is 4.65. The molecule has 314 valence electrons. The van der Waals surface area contributed by atoms with E-state index in [0.29, 0.717) is 5.82 Å². The second-order valence-electron chi connectivity index (χ2n) is 16.1. The van der Waals surface area contributed by atoms with Gasteiger partial charge in [-0.2, -0.15) is 0 Å². The molecule has 1 aliphatic carbocycles. The van der Waals surface area contributed by atoms with Gasteiger partial charge < -0.3 is 9.13 Å². The van der Waals surface area contributed by atoms with Crippen molar-refractivity contribution in [1.29, 1.82) is 0 Å². The van der Waals surface area contributed by atoms with Crippen molar-refractivity contribution in [2.24, 2.45) is 7.05 Å². The summed E-state index contributed by atoms with van der Waals surface area (Å²) in [6, 6.07) is 73.0. The Hall–Kier alpha value is -8.08. The number of aromatic nitrogens is 4. The molecule has 4 heteroatoms. The third-order valence-electron chi connectivity index (χ3n) is 12.2. The van der Waals surface area contributed by atoms with E-state index in [0.717, 1.165) is 44.8 Å². The Bertz CT molecular complexity index is 3440. The van der Waals surface area contributed by atoms with Crippen LogP contribution in [0.25, 0.3) is 99.9 Å². The number of rotatable bonds is 6. The summed E-state index contributed by atoms with van der Waals surface area (Å²) in [5.74, 6) is 0.698. The monoisotopic (exact) mass is 838 g/mol. The summed E-state index contributed by atoms with van der Waals surface area (Å²) in [5, 5.41) is 5.00. The zero-order chi connectivity index (χ0) is 44.1. The Morgan fingerprint density at radius 2 is 0.877 bits per heavy atom. The topological polar surface area (TPSA) is 35.6 Å². The summed E-state index contributed by atoms with van der Waals surface area (Å²) in [4.78, 5) is 10.2. The third-order valence-corrected chi connectivity index (χ3v) is 12.2. The van der Waals surface area contributed by atoms with Crippen LogP contribution in [0, 0.1) is 0 Å². The average molecular weight is 839 g/mol. The van der Waals surface area contributed by atoms with E-state index in [2.05, 4.69) is 229 Å². The summed E-state index contributed by atoms with van der Waals surface area (Å²) in [5.41, 5.74) is 15.9. The van der Waals surface area contributed by atoms with Gasteiger partial charge in [0, 0.05) is 62.0 Å². The summed E-state index contributed by atoms with van der Waals surface area (Å²) >= 11 is 0. The Kier molecular flexibility index (Phi) is 11.6. The maximum Gasteiger partial charge on any atom is 0.160 e. The fraction of sp³-hybridized carbons (Fsp3) is 0.0820. The van der Waals surface area contributed by atoms with Crippen LogP contribution in [0.4, 0.5) is 0 Å². The van der Waals surface area contributed by atoms with Crippen LogP contribution in [0.2, 0.25) is 0 Å². The first-order valence-electron chi connectivity index (χ1n) is 22.7. The average Bonchev–Trinajstić information content (AvgIpc) is 3.88. The third kappa shape index (κ3) is 8.07. The molecule has 0 saturated heterocycles. The number of benzene rings is 8. The summed E-state index contributed by atoms with van der Waals surface area (Å²) in [6.07, 6.45) is 9.12. The minimum absolute atomic E-state index is 0.698. The fourth-order valence-corrected chi connectivity index (χ4v) is 9.11. The predicted molar refractivity (Wildman–Crippen MR) is 276 cm³/mol. The Labute approximate surface area is 381 Å². The lowest BCUT2D eigenvalue weighted by Crippen LogP contribution is -1.98. The van der Waals surface area contributed by atoms with Crippen molar-refractivity contribution in [1.82, 2.24) is 19.1 Å². The molecule has 65 heavy (non-hydrogen) atoms. The SMILES string of the molecule is C1=CC(c2ccccc2)=CCC1.CC.Cn1c2ccccc2c2cc(-c3ccc4c(c3)c3ccccc3n4-c3cccc(-c4nc(-c5ccccc5)cc(-c5ccccc5)n4)c3)ccc21. The van der Waals surface area contributed by atoms with Crippen LogP contribution in [0.1, 0.15) is 32.3 Å². The first-order valence-corrected chi connectivity index (χ1v) is 22.7. The molecule has 12 rings (SSSR count). The maximum absolute atomic E-state index is 5.11. The molecule has 0 radical (unpaired) electrons. The number of hydrogen-bond acceptors (Lipinski definition) is 2. The van der Waals surface area contributed by atoms with Crippen molar-refractivity contribution in [3.8, 4) is 50.7 Å². The molecule has 0 saturated carbocycles. The molecule has 1 aliphatic rings. The van der Waals surface area contributed by atoms with Crippen LogP contribution in [-0.2, 0) is 7.05 Å². The minimum atomic E-state index is 0.698. The van der Waals surface area contributed by atoms with Crippen molar-refractivity contribution in [2.75, 3.05) is 0 Å². The Morgan fingerprint density at radius 1 is 0.385 bits per heavy atom. The predicted octanol–water partition coefficient (Wildman–Crippen LogP) is 16.3. The smallest absolute Gasteiger partial charge is 0.160 e. The van der Waals surface area contributed by atoms with Crippen LogP contribution in [0.3, 0.4) is 0 Å². The molecule has 4 nitrogen and oxygen atoms in total. The molecule has 0 aliphatic heterocycles. The number of fused-ring (bicyclic) bond motifs is 6. The standard InChI is InChI=1S/C47H32N4.C12H12.C2H6/c1-50-43-21-10-8-19-37(43)39-28-33(23-25-44(39)50)34-24-26-46-40(29-34)38-20-9-11-22-45(38)51(46)36-18-12-17-35(27-36)47-48-41(31-13-4-2-5-14-31)30-42(49-47)32-15-6-3-7-16-32;1-3-7-11(8-4-1)12-9-5-2-6-10-12;1-2/h2-30H,1H3;1,3-5,7-10H,2,6H2;1-2H3. The molecule has 8 aromatic carbocycles. The van der Waals surface area contributed by atoms with Gasteiger partial charge in [0.2, 0.25) is 0 Å².